The van der Waals surface area contributed by atoms with Crippen LogP contribution in [0.4, 0.5) is 0 Å². The number of rotatable bonds is 11. The number of fused-ring (bicyclic) bond motifs is 2. The molecule has 2 aromatic carbocycles. The van der Waals surface area contributed by atoms with E-state index in [2.05, 4.69) is 30.9 Å². The van der Waals surface area contributed by atoms with E-state index >= 15 is 0 Å². The number of carboxylic acids is 3. The van der Waals surface area contributed by atoms with Gasteiger partial charge in [0.2, 0.25) is 0 Å². The van der Waals surface area contributed by atoms with Crippen LogP contribution < -0.4 is 9.47 Å². The average molecular weight is 504 g/mol. The normalized spacial score (nSPS) is 14.2. The van der Waals surface area contributed by atoms with Crippen LogP contribution in [0, 0.1) is 0 Å². The van der Waals surface area contributed by atoms with Crippen molar-refractivity contribution < 1.29 is 44.3 Å². The van der Waals surface area contributed by atoms with E-state index in [1.807, 2.05) is 36.4 Å². The van der Waals surface area contributed by atoms with Crippen molar-refractivity contribution in [3.05, 3.63) is 54.1 Å². The summed E-state index contributed by atoms with van der Waals surface area (Å²) in [5.74, 6) is -2.48. The Morgan fingerprint density at radius 1 is 0.861 bits per heavy atom. The lowest BCUT2D eigenvalue weighted by Crippen LogP contribution is -2.42. The van der Waals surface area contributed by atoms with Gasteiger partial charge in [0, 0.05) is 5.56 Å². The minimum atomic E-state index is -2.74. The lowest BCUT2D eigenvalue weighted by molar-refractivity contribution is -0.170. The van der Waals surface area contributed by atoms with Gasteiger partial charge < -0.3 is 34.8 Å². The monoisotopic (exact) mass is 503 g/mol. The first-order chi connectivity index (χ1) is 17.1. The minimum absolute atomic E-state index is 0.0467. The van der Waals surface area contributed by atoms with E-state index in [1.165, 1.54) is 0 Å². The molecule has 10 heteroatoms. The molecule has 3 rings (SSSR count). The molecular weight excluding hydrogens is 470 g/mol. The zero-order chi connectivity index (χ0) is 26.7. The molecule has 1 aliphatic rings. The number of para-hydroxylation sites is 3. The Bertz CT molecular complexity index is 1020. The highest BCUT2D eigenvalue weighted by molar-refractivity contribution is 5.88. The maximum absolute atomic E-state index is 10.3. The van der Waals surface area contributed by atoms with Crippen molar-refractivity contribution in [1.82, 2.24) is 4.90 Å². The molecule has 196 valence electrons. The van der Waals surface area contributed by atoms with Crippen molar-refractivity contribution in [3.8, 4) is 17.2 Å². The molecule has 4 N–H and O–H groups in total. The Balaban J connectivity index is 0.000000302. The fraction of sp³-hybridized carbons (Fsp3) is 0.423. The van der Waals surface area contributed by atoms with E-state index in [1.54, 1.807) is 0 Å². The molecule has 0 saturated heterocycles. The summed E-state index contributed by atoms with van der Waals surface area (Å²) in [7, 11) is 0. The van der Waals surface area contributed by atoms with Crippen LogP contribution in [0.5, 0.6) is 17.2 Å². The molecule has 1 aliphatic heterocycles. The number of hydrogen-bond donors (Lipinski definition) is 4. The number of aliphatic hydroxyl groups is 1. The quantitative estimate of drug-likeness (QED) is 0.356. The molecule has 1 unspecified atom stereocenters. The predicted octanol–water partition coefficient (Wildman–Crippen LogP) is 3.79. The summed E-state index contributed by atoms with van der Waals surface area (Å²) in [6, 6.07) is 16.1. The van der Waals surface area contributed by atoms with Crippen molar-refractivity contribution in [1.29, 1.82) is 0 Å². The van der Waals surface area contributed by atoms with E-state index in [4.69, 9.17) is 29.9 Å². The molecule has 0 spiro atoms. The number of aliphatic carboxylic acids is 3. The van der Waals surface area contributed by atoms with Gasteiger partial charge in [-0.1, -0.05) is 44.2 Å². The summed E-state index contributed by atoms with van der Waals surface area (Å²) in [5.41, 5.74) is -1.60. The predicted molar refractivity (Wildman–Crippen MR) is 130 cm³/mol. The third kappa shape index (κ3) is 8.24. The Kier molecular flexibility index (Phi) is 10.7. The van der Waals surface area contributed by atoms with Crippen molar-refractivity contribution in [3.63, 3.8) is 0 Å². The third-order valence-corrected chi connectivity index (χ3v) is 5.72. The summed E-state index contributed by atoms with van der Waals surface area (Å²) >= 11 is 0. The van der Waals surface area contributed by atoms with Crippen molar-refractivity contribution in [2.45, 2.75) is 51.2 Å². The second-order valence-corrected chi connectivity index (χ2v) is 8.34. The summed E-state index contributed by atoms with van der Waals surface area (Å²) < 4.78 is 12.4. The van der Waals surface area contributed by atoms with Crippen LogP contribution in [-0.4, -0.2) is 68.5 Å². The van der Waals surface area contributed by atoms with Crippen LogP contribution in [0.25, 0.3) is 0 Å². The van der Waals surface area contributed by atoms with Gasteiger partial charge in [-0.15, -0.1) is 0 Å². The number of ether oxygens (including phenoxy) is 2. The van der Waals surface area contributed by atoms with Gasteiger partial charge in [-0.05, 0) is 50.7 Å². The van der Waals surface area contributed by atoms with E-state index in [9.17, 15) is 14.4 Å². The molecule has 0 aromatic heterocycles. The molecule has 0 aliphatic carbocycles. The van der Waals surface area contributed by atoms with Crippen LogP contribution in [0.3, 0.4) is 0 Å². The lowest BCUT2D eigenvalue weighted by atomic mass is 9.96. The molecule has 2 aromatic rings. The second kappa shape index (κ2) is 13.5. The molecule has 10 nitrogen and oxygen atoms in total. The van der Waals surface area contributed by atoms with Crippen LogP contribution in [0.1, 0.15) is 51.2 Å². The molecule has 0 radical (unpaired) electrons. The fourth-order valence-electron chi connectivity index (χ4n) is 3.78. The summed E-state index contributed by atoms with van der Waals surface area (Å²) in [4.78, 5) is 32.9. The van der Waals surface area contributed by atoms with E-state index < -0.39 is 36.4 Å². The topological polar surface area (TPSA) is 154 Å². The first-order valence-corrected chi connectivity index (χ1v) is 11.7. The molecule has 1 atom stereocenters. The van der Waals surface area contributed by atoms with Gasteiger partial charge in [0.15, 0.2) is 17.1 Å². The zero-order valence-electron chi connectivity index (χ0n) is 20.4. The molecule has 0 bridgehead atoms. The molecule has 0 fully saturated rings. The highest BCUT2D eigenvalue weighted by Gasteiger charge is 2.40. The highest BCUT2D eigenvalue weighted by Crippen LogP contribution is 2.42. The molecule has 36 heavy (non-hydrogen) atoms. The molecule has 0 saturated carbocycles. The number of benzene rings is 2. The third-order valence-electron chi connectivity index (χ3n) is 5.72. The Labute approximate surface area is 209 Å². The van der Waals surface area contributed by atoms with Crippen LogP contribution in [0.2, 0.25) is 0 Å². The van der Waals surface area contributed by atoms with Gasteiger partial charge in [-0.2, -0.15) is 0 Å². The molecular formula is C26H33NO9. The van der Waals surface area contributed by atoms with Crippen LogP contribution in [-0.2, 0) is 14.4 Å². The minimum Gasteiger partial charge on any atom is -0.482 e. The van der Waals surface area contributed by atoms with E-state index in [0.29, 0.717) is 0 Å². The summed E-state index contributed by atoms with van der Waals surface area (Å²) in [5, 5.41) is 33.8. The Hall–Kier alpha value is -3.63. The summed E-state index contributed by atoms with van der Waals surface area (Å²) in [6.07, 6.45) is -0.137. The first-order valence-electron chi connectivity index (χ1n) is 11.7. The van der Waals surface area contributed by atoms with Gasteiger partial charge in [0.25, 0.3) is 0 Å². The Morgan fingerprint density at radius 3 is 1.92 bits per heavy atom. The number of carboxylic acid groups (broad SMARTS) is 3. The largest absolute Gasteiger partial charge is 0.482 e. The first kappa shape index (κ1) is 28.6. The van der Waals surface area contributed by atoms with Crippen LogP contribution >= 0.6 is 0 Å². The number of nitrogens with zero attached hydrogens (tertiary/aromatic N) is 1. The molecule has 0 amide bonds. The van der Waals surface area contributed by atoms with E-state index in [-0.39, 0.29) is 6.10 Å². The van der Waals surface area contributed by atoms with Crippen molar-refractivity contribution in [2.75, 3.05) is 19.6 Å². The lowest BCUT2D eigenvalue weighted by Gasteiger charge is -2.21. The number of hydrogen-bond acceptors (Lipinski definition) is 7. The average Bonchev–Trinajstić information content (AvgIpc) is 2.97. The van der Waals surface area contributed by atoms with Gasteiger partial charge >= 0.3 is 17.9 Å². The Morgan fingerprint density at radius 2 is 1.39 bits per heavy atom. The smallest absolute Gasteiger partial charge is 0.336 e. The SMILES string of the molecule is CCN(CC)CCCC1Oc2ccccc2Oc2ccccc21.O=C(O)CC(O)(CC(=O)O)C(=O)O. The maximum atomic E-state index is 10.3. The maximum Gasteiger partial charge on any atom is 0.336 e. The van der Waals surface area contributed by atoms with Gasteiger partial charge in [0.1, 0.15) is 11.9 Å². The highest BCUT2D eigenvalue weighted by atomic mass is 16.5. The van der Waals surface area contributed by atoms with Crippen molar-refractivity contribution >= 4 is 17.9 Å². The zero-order valence-corrected chi connectivity index (χ0v) is 20.4. The van der Waals surface area contributed by atoms with E-state index in [0.717, 1.165) is 55.3 Å². The van der Waals surface area contributed by atoms with Gasteiger partial charge in [0.05, 0.1) is 12.8 Å². The standard InChI is InChI=1S/C20H25NO2.C6H8O7/c1-3-21(4-2)15-9-14-18-16-10-5-6-11-17(16)22-19-12-7-8-13-20(19)23-18;7-3(8)1-6(13,5(11)12)2-4(9)10/h5-8,10-13,18H,3-4,9,14-15H2,1-2H3;13H,1-2H2,(H,7,8)(H,9,10)(H,11,12). The van der Waals surface area contributed by atoms with Crippen LogP contribution in [0.15, 0.2) is 48.5 Å². The fourth-order valence-corrected chi connectivity index (χ4v) is 3.78. The van der Waals surface area contributed by atoms with Gasteiger partial charge in [-0.25, -0.2) is 4.79 Å². The second-order valence-electron chi connectivity index (χ2n) is 8.34. The van der Waals surface area contributed by atoms with Gasteiger partial charge in [-0.3, -0.25) is 9.59 Å². The summed E-state index contributed by atoms with van der Waals surface area (Å²) in [6.45, 7) is 7.74. The van der Waals surface area contributed by atoms with Crippen molar-refractivity contribution in [2.24, 2.45) is 0 Å². The molecule has 1 heterocycles. The number of carbonyl (C=O) groups is 3.